The van der Waals surface area contributed by atoms with Crippen LogP contribution in [0, 0.1) is 20.8 Å². The normalized spacial score (nSPS) is 11.5. The van der Waals surface area contributed by atoms with Crippen LogP contribution in [0.25, 0.3) is 0 Å². The summed E-state index contributed by atoms with van der Waals surface area (Å²) in [6.45, 7) is 6.06. The first-order valence-corrected chi connectivity index (χ1v) is 6.62. The van der Waals surface area contributed by atoms with Crippen LogP contribution in [0.3, 0.4) is 0 Å². The summed E-state index contributed by atoms with van der Waals surface area (Å²) in [6.07, 6.45) is 0. The maximum absolute atomic E-state index is 10.4. The molecular formula is C11H16NO3S-. The van der Waals surface area contributed by atoms with Crippen LogP contribution in [0.5, 0.6) is 0 Å². The van der Waals surface area contributed by atoms with Gasteiger partial charge in [-0.05, 0) is 31.9 Å². The van der Waals surface area contributed by atoms with Gasteiger partial charge in [0.05, 0.1) is 15.9 Å². The summed E-state index contributed by atoms with van der Waals surface area (Å²) in [5.41, 5.74) is 4.19. The number of rotatable bonds is 4. The van der Waals surface area contributed by atoms with Gasteiger partial charge in [0.2, 0.25) is 0 Å². The van der Waals surface area contributed by atoms with Crippen LogP contribution in [0.1, 0.15) is 16.7 Å². The fraction of sp³-hybridized carbons (Fsp3) is 0.455. The first kappa shape index (κ1) is 13.0. The predicted octanol–water partition coefficient (Wildman–Crippen LogP) is 1.57. The highest BCUT2D eigenvalue weighted by Gasteiger charge is 2.03. The Labute approximate surface area is 96.4 Å². The number of anilines is 1. The van der Waals surface area contributed by atoms with E-state index in [2.05, 4.69) is 5.32 Å². The first-order valence-electron chi connectivity index (χ1n) is 5.05. The maximum atomic E-state index is 10.4. The van der Waals surface area contributed by atoms with Gasteiger partial charge in [-0.1, -0.05) is 17.7 Å². The zero-order valence-electron chi connectivity index (χ0n) is 9.70. The molecule has 0 saturated heterocycles. The lowest BCUT2D eigenvalue weighted by molar-refractivity contribution is 0.464. The minimum absolute atomic E-state index is 0.149. The van der Waals surface area contributed by atoms with Crippen molar-refractivity contribution in [2.24, 2.45) is 0 Å². The van der Waals surface area contributed by atoms with Crippen molar-refractivity contribution in [2.45, 2.75) is 20.8 Å². The molecule has 0 aromatic heterocycles. The van der Waals surface area contributed by atoms with E-state index in [4.69, 9.17) is 0 Å². The quantitative estimate of drug-likeness (QED) is 0.814. The maximum Gasteiger partial charge on any atom is 0.0963 e. The molecule has 0 aliphatic heterocycles. The zero-order valence-corrected chi connectivity index (χ0v) is 10.5. The third kappa shape index (κ3) is 3.83. The van der Waals surface area contributed by atoms with Crippen molar-refractivity contribution in [3.63, 3.8) is 0 Å². The molecule has 1 aromatic rings. The minimum atomic E-state index is -4.14. The molecule has 5 heteroatoms. The number of hydrogen-bond acceptors (Lipinski definition) is 4. The topological polar surface area (TPSA) is 69.2 Å². The summed E-state index contributed by atoms with van der Waals surface area (Å²) >= 11 is 0. The molecule has 0 aliphatic carbocycles. The number of hydrogen-bond donors (Lipinski definition) is 1. The van der Waals surface area contributed by atoms with E-state index in [1.807, 2.05) is 32.9 Å². The summed E-state index contributed by atoms with van der Waals surface area (Å²) in [5, 5.41) is 2.99. The molecule has 0 heterocycles. The van der Waals surface area contributed by atoms with Gasteiger partial charge in [-0.2, -0.15) is 0 Å². The average molecular weight is 242 g/mol. The van der Waals surface area contributed by atoms with Crippen molar-refractivity contribution in [1.82, 2.24) is 0 Å². The van der Waals surface area contributed by atoms with Crippen molar-refractivity contribution in [2.75, 3.05) is 17.6 Å². The molecule has 0 saturated carbocycles. The largest absolute Gasteiger partial charge is 0.748 e. The predicted molar refractivity (Wildman–Crippen MR) is 63.7 cm³/mol. The molecule has 1 rings (SSSR count). The first-order chi connectivity index (χ1) is 7.29. The van der Waals surface area contributed by atoms with Gasteiger partial charge in [-0.15, -0.1) is 0 Å². The number of nitrogens with one attached hydrogen (secondary N) is 1. The Morgan fingerprint density at radius 2 is 1.69 bits per heavy atom. The second kappa shape index (κ2) is 4.84. The minimum Gasteiger partial charge on any atom is -0.748 e. The van der Waals surface area contributed by atoms with E-state index in [1.165, 1.54) is 0 Å². The van der Waals surface area contributed by atoms with Gasteiger partial charge in [-0.3, -0.25) is 0 Å². The van der Waals surface area contributed by atoms with Gasteiger partial charge < -0.3 is 9.87 Å². The molecule has 0 fully saturated rings. The fourth-order valence-electron chi connectivity index (χ4n) is 1.76. The highest BCUT2D eigenvalue weighted by Crippen LogP contribution is 2.21. The average Bonchev–Trinajstić information content (AvgIpc) is 2.07. The highest BCUT2D eigenvalue weighted by atomic mass is 32.2. The van der Waals surface area contributed by atoms with Crippen molar-refractivity contribution in [1.29, 1.82) is 0 Å². The molecule has 90 valence electrons. The number of benzene rings is 1. The van der Waals surface area contributed by atoms with Crippen molar-refractivity contribution in [3.05, 3.63) is 28.8 Å². The summed E-state index contributed by atoms with van der Waals surface area (Å²) in [5.74, 6) is -0.389. The van der Waals surface area contributed by atoms with E-state index in [0.29, 0.717) is 0 Å². The van der Waals surface area contributed by atoms with Crippen molar-refractivity contribution in [3.8, 4) is 0 Å². The summed E-state index contributed by atoms with van der Waals surface area (Å²) in [6, 6.07) is 4.03. The molecule has 1 aromatic carbocycles. The third-order valence-corrected chi connectivity index (χ3v) is 3.03. The van der Waals surface area contributed by atoms with Crippen LogP contribution >= 0.6 is 0 Å². The van der Waals surface area contributed by atoms with Gasteiger partial charge in [0.1, 0.15) is 0 Å². The molecule has 4 nitrogen and oxygen atoms in total. The van der Waals surface area contributed by atoms with Crippen LogP contribution in [0.4, 0.5) is 5.69 Å². The highest BCUT2D eigenvalue weighted by molar-refractivity contribution is 7.85. The number of aryl methyl sites for hydroxylation is 3. The molecule has 0 atom stereocenters. The van der Waals surface area contributed by atoms with E-state index in [9.17, 15) is 13.0 Å². The lowest BCUT2D eigenvalue weighted by atomic mass is 10.1. The van der Waals surface area contributed by atoms with Crippen molar-refractivity contribution >= 4 is 15.8 Å². The van der Waals surface area contributed by atoms with Gasteiger partial charge in [0.15, 0.2) is 0 Å². The molecule has 1 N–H and O–H groups in total. The molecule has 0 spiro atoms. The Morgan fingerprint density at radius 3 is 2.12 bits per heavy atom. The Balaban J connectivity index is 2.75. The smallest absolute Gasteiger partial charge is 0.0963 e. The Kier molecular flexibility index (Phi) is 3.93. The van der Waals surface area contributed by atoms with Gasteiger partial charge >= 0.3 is 0 Å². The van der Waals surface area contributed by atoms with E-state index in [-0.39, 0.29) is 12.3 Å². The van der Waals surface area contributed by atoms with E-state index < -0.39 is 10.1 Å². The molecule has 0 radical (unpaired) electrons. The second-order valence-electron chi connectivity index (χ2n) is 3.96. The summed E-state index contributed by atoms with van der Waals surface area (Å²) in [4.78, 5) is 0. The van der Waals surface area contributed by atoms with Gasteiger partial charge in [0, 0.05) is 12.2 Å². The molecule has 0 aliphatic rings. The summed E-state index contributed by atoms with van der Waals surface area (Å²) in [7, 11) is -4.14. The standard InChI is InChI=1S/C11H17NO3S/c1-8-6-9(2)11(10(3)7-8)12-4-5-16(13,14)15/h6-7,12H,4-5H2,1-3H3,(H,13,14,15)/p-1. The molecular weight excluding hydrogens is 226 g/mol. The zero-order chi connectivity index (χ0) is 12.3. The lowest BCUT2D eigenvalue weighted by Crippen LogP contribution is -2.15. The third-order valence-electron chi connectivity index (χ3n) is 2.33. The molecule has 0 bridgehead atoms. The van der Waals surface area contributed by atoms with Crippen LogP contribution in [0.15, 0.2) is 12.1 Å². The Morgan fingerprint density at radius 1 is 1.19 bits per heavy atom. The SMILES string of the molecule is Cc1cc(C)c(NCCS(=O)(=O)[O-])c(C)c1. The van der Waals surface area contributed by atoms with Crippen LogP contribution in [0.2, 0.25) is 0 Å². The van der Waals surface area contributed by atoms with Gasteiger partial charge in [0.25, 0.3) is 0 Å². The monoisotopic (exact) mass is 242 g/mol. The van der Waals surface area contributed by atoms with Crippen LogP contribution < -0.4 is 5.32 Å². The Bertz CT molecular complexity index is 457. The van der Waals surface area contributed by atoms with E-state index in [0.717, 1.165) is 22.4 Å². The second-order valence-corrected chi connectivity index (χ2v) is 5.49. The Hall–Kier alpha value is -1.07. The van der Waals surface area contributed by atoms with Crippen LogP contribution in [-0.4, -0.2) is 25.3 Å². The van der Waals surface area contributed by atoms with Gasteiger partial charge in [-0.25, -0.2) is 8.42 Å². The van der Waals surface area contributed by atoms with E-state index in [1.54, 1.807) is 0 Å². The summed E-state index contributed by atoms with van der Waals surface area (Å²) < 4.78 is 31.3. The lowest BCUT2D eigenvalue weighted by Gasteiger charge is -2.14. The molecule has 16 heavy (non-hydrogen) atoms. The van der Waals surface area contributed by atoms with Crippen molar-refractivity contribution < 1.29 is 13.0 Å². The van der Waals surface area contributed by atoms with E-state index >= 15 is 0 Å². The van der Waals surface area contributed by atoms with Crippen LogP contribution in [-0.2, 0) is 10.1 Å². The fourth-order valence-corrected chi connectivity index (χ4v) is 2.11. The molecule has 0 unspecified atom stereocenters. The molecule has 0 amide bonds.